The van der Waals surface area contributed by atoms with E-state index in [1.807, 2.05) is 54.6 Å². The summed E-state index contributed by atoms with van der Waals surface area (Å²) >= 11 is 3.44. The Hall–Kier alpha value is -2.14. The Labute approximate surface area is 130 Å². The molecule has 21 heavy (non-hydrogen) atoms. The second-order valence-electron chi connectivity index (χ2n) is 4.40. The lowest BCUT2D eigenvalue weighted by atomic mass is 10.2. The number of benzene rings is 2. The molecule has 0 aliphatic rings. The minimum absolute atomic E-state index is 0.485. The van der Waals surface area contributed by atoms with Crippen molar-refractivity contribution in [1.29, 1.82) is 0 Å². The third-order valence-corrected chi connectivity index (χ3v) is 3.55. The maximum absolute atomic E-state index is 5.68. The van der Waals surface area contributed by atoms with Crippen molar-refractivity contribution in [3.63, 3.8) is 0 Å². The molecule has 3 rings (SSSR count). The van der Waals surface area contributed by atoms with E-state index in [0.717, 1.165) is 15.8 Å². The first-order chi connectivity index (χ1) is 10.3. The van der Waals surface area contributed by atoms with Gasteiger partial charge in [0.2, 0.25) is 11.8 Å². The van der Waals surface area contributed by atoms with Crippen molar-refractivity contribution in [3.8, 4) is 17.2 Å². The lowest BCUT2D eigenvalue weighted by Crippen LogP contribution is -2.02. The Morgan fingerprint density at radius 2 is 1.71 bits per heavy atom. The second-order valence-corrected chi connectivity index (χ2v) is 5.25. The van der Waals surface area contributed by atoms with Crippen LogP contribution < -0.4 is 4.74 Å². The SMILES string of the molecule is Brc1ccccc1OCCc1nnc(-c2ccccc2)o1. The minimum atomic E-state index is 0.485. The summed E-state index contributed by atoms with van der Waals surface area (Å²) in [5, 5.41) is 8.09. The van der Waals surface area contributed by atoms with Crippen molar-refractivity contribution in [2.24, 2.45) is 0 Å². The molecular weight excluding hydrogens is 332 g/mol. The molecule has 4 nitrogen and oxygen atoms in total. The van der Waals surface area contributed by atoms with Crippen LogP contribution in [0.2, 0.25) is 0 Å². The van der Waals surface area contributed by atoms with E-state index in [1.54, 1.807) is 0 Å². The summed E-state index contributed by atoms with van der Waals surface area (Å²) in [6.07, 6.45) is 0.571. The Morgan fingerprint density at radius 3 is 2.52 bits per heavy atom. The van der Waals surface area contributed by atoms with Crippen LogP contribution >= 0.6 is 15.9 Å². The van der Waals surface area contributed by atoms with Gasteiger partial charge in [-0.3, -0.25) is 0 Å². The van der Waals surface area contributed by atoms with E-state index in [-0.39, 0.29) is 0 Å². The number of nitrogens with zero attached hydrogens (tertiary/aromatic N) is 2. The van der Waals surface area contributed by atoms with Gasteiger partial charge in [-0.15, -0.1) is 10.2 Å². The third kappa shape index (κ3) is 3.49. The Morgan fingerprint density at radius 1 is 0.952 bits per heavy atom. The van der Waals surface area contributed by atoms with Gasteiger partial charge in [0.15, 0.2) is 0 Å². The number of para-hydroxylation sites is 1. The second kappa shape index (κ2) is 6.54. The normalized spacial score (nSPS) is 10.5. The van der Waals surface area contributed by atoms with Gasteiger partial charge in [-0.05, 0) is 40.2 Å². The molecule has 3 aromatic rings. The number of rotatable bonds is 5. The van der Waals surface area contributed by atoms with E-state index in [4.69, 9.17) is 9.15 Å². The molecule has 106 valence electrons. The fourth-order valence-corrected chi connectivity index (χ4v) is 2.26. The highest BCUT2D eigenvalue weighted by molar-refractivity contribution is 9.10. The molecule has 0 aliphatic carbocycles. The quantitative estimate of drug-likeness (QED) is 0.698. The Kier molecular flexibility index (Phi) is 4.31. The van der Waals surface area contributed by atoms with E-state index >= 15 is 0 Å². The van der Waals surface area contributed by atoms with Crippen LogP contribution in [0.4, 0.5) is 0 Å². The maximum Gasteiger partial charge on any atom is 0.247 e. The van der Waals surface area contributed by atoms with E-state index in [2.05, 4.69) is 26.1 Å². The van der Waals surface area contributed by atoms with E-state index in [0.29, 0.717) is 24.8 Å². The maximum atomic E-state index is 5.68. The van der Waals surface area contributed by atoms with Crippen LogP contribution in [0.3, 0.4) is 0 Å². The monoisotopic (exact) mass is 344 g/mol. The fraction of sp³-hybridized carbons (Fsp3) is 0.125. The summed E-state index contributed by atoms with van der Waals surface area (Å²) in [6, 6.07) is 17.4. The zero-order valence-electron chi connectivity index (χ0n) is 11.2. The topological polar surface area (TPSA) is 48.2 Å². The summed E-state index contributed by atoms with van der Waals surface area (Å²) < 4.78 is 12.2. The van der Waals surface area contributed by atoms with Crippen LogP contribution in [0.1, 0.15) is 5.89 Å². The van der Waals surface area contributed by atoms with Gasteiger partial charge in [0.05, 0.1) is 17.5 Å². The highest BCUT2D eigenvalue weighted by Gasteiger charge is 2.08. The Bertz CT molecular complexity index is 713. The highest BCUT2D eigenvalue weighted by atomic mass is 79.9. The van der Waals surface area contributed by atoms with Crippen molar-refractivity contribution in [2.45, 2.75) is 6.42 Å². The van der Waals surface area contributed by atoms with Gasteiger partial charge in [0, 0.05) is 5.56 Å². The molecule has 0 amide bonds. The molecule has 1 heterocycles. The highest BCUT2D eigenvalue weighted by Crippen LogP contribution is 2.24. The molecule has 0 N–H and O–H groups in total. The first-order valence-corrected chi connectivity index (χ1v) is 7.37. The first-order valence-electron chi connectivity index (χ1n) is 6.58. The number of aromatic nitrogens is 2. The van der Waals surface area contributed by atoms with Gasteiger partial charge in [0.25, 0.3) is 0 Å². The molecule has 0 aliphatic heterocycles. The lowest BCUT2D eigenvalue weighted by molar-refractivity contribution is 0.305. The standard InChI is InChI=1S/C16H13BrN2O2/c17-13-8-4-5-9-14(13)20-11-10-15-18-19-16(21-15)12-6-2-1-3-7-12/h1-9H,10-11H2. The molecule has 2 aromatic carbocycles. The average molecular weight is 345 g/mol. The molecular formula is C16H13BrN2O2. The van der Waals surface area contributed by atoms with Crippen LogP contribution in [0.15, 0.2) is 63.5 Å². The summed E-state index contributed by atoms with van der Waals surface area (Å²) in [5.41, 5.74) is 0.919. The number of hydrogen-bond acceptors (Lipinski definition) is 4. The molecule has 0 saturated heterocycles. The van der Waals surface area contributed by atoms with Gasteiger partial charge in [-0.25, -0.2) is 0 Å². The predicted molar refractivity (Wildman–Crippen MR) is 83.1 cm³/mol. The zero-order valence-corrected chi connectivity index (χ0v) is 12.8. The molecule has 5 heteroatoms. The van der Waals surface area contributed by atoms with Crippen LogP contribution in [0.25, 0.3) is 11.5 Å². The van der Waals surface area contributed by atoms with Gasteiger partial charge in [-0.1, -0.05) is 30.3 Å². The minimum Gasteiger partial charge on any atom is -0.492 e. The van der Waals surface area contributed by atoms with Crippen LogP contribution in [-0.2, 0) is 6.42 Å². The molecule has 0 bridgehead atoms. The van der Waals surface area contributed by atoms with E-state index in [9.17, 15) is 0 Å². The van der Waals surface area contributed by atoms with Gasteiger partial charge < -0.3 is 9.15 Å². The predicted octanol–water partition coefficient (Wildman–Crippen LogP) is 4.12. The number of hydrogen-bond donors (Lipinski definition) is 0. The van der Waals surface area contributed by atoms with Gasteiger partial charge in [0.1, 0.15) is 5.75 Å². The van der Waals surface area contributed by atoms with Crippen molar-refractivity contribution >= 4 is 15.9 Å². The molecule has 0 radical (unpaired) electrons. The van der Waals surface area contributed by atoms with E-state index in [1.165, 1.54) is 0 Å². The molecule has 0 fully saturated rings. The zero-order chi connectivity index (χ0) is 14.5. The molecule has 0 saturated carbocycles. The molecule has 0 unspecified atom stereocenters. The fourth-order valence-electron chi connectivity index (χ4n) is 1.86. The molecule has 0 atom stereocenters. The summed E-state index contributed by atoms with van der Waals surface area (Å²) in [6.45, 7) is 0.485. The van der Waals surface area contributed by atoms with Crippen LogP contribution in [0, 0.1) is 0 Å². The largest absolute Gasteiger partial charge is 0.492 e. The average Bonchev–Trinajstić information content (AvgIpc) is 2.99. The number of ether oxygens (including phenoxy) is 1. The first kappa shape index (κ1) is 13.8. The summed E-state index contributed by atoms with van der Waals surface area (Å²) in [4.78, 5) is 0. The third-order valence-electron chi connectivity index (χ3n) is 2.90. The van der Waals surface area contributed by atoms with Crippen LogP contribution in [0.5, 0.6) is 5.75 Å². The number of halogens is 1. The summed E-state index contributed by atoms with van der Waals surface area (Å²) in [7, 11) is 0. The summed E-state index contributed by atoms with van der Waals surface area (Å²) in [5.74, 6) is 1.91. The van der Waals surface area contributed by atoms with Crippen molar-refractivity contribution in [1.82, 2.24) is 10.2 Å². The molecule has 0 spiro atoms. The lowest BCUT2D eigenvalue weighted by Gasteiger charge is -2.05. The Balaban J connectivity index is 1.60. The van der Waals surface area contributed by atoms with E-state index < -0.39 is 0 Å². The van der Waals surface area contributed by atoms with Crippen molar-refractivity contribution in [3.05, 3.63) is 65.0 Å². The smallest absolute Gasteiger partial charge is 0.247 e. The van der Waals surface area contributed by atoms with Crippen LogP contribution in [-0.4, -0.2) is 16.8 Å². The van der Waals surface area contributed by atoms with Crippen molar-refractivity contribution < 1.29 is 9.15 Å². The van der Waals surface area contributed by atoms with Gasteiger partial charge in [-0.2, -0.15) is 0 Å². The molecule has 1 aromatic heterocycles. The van der Waals surface area contributed by atoms with Crippen molar-refractivity contribution in [2.75, 3.05) is 6.61 Å². The van der Waals surface area contributed by atoms with Gasteiger partial charge >= 0.3 is 0 Å².